The monoisotopic (exact) mass is 322 g/mol. The molecule has 1 heterocycles. The van der Waals surface area contributed by atoms with Crippen molar-refractivity contribution in [1.29, 1.82) is 0 Å². The van der Waals surface area contributed by atoms with Gasteiger partial charge in [0.25, 0.3) is 0 Å². The lowest BCUT2D eigenvalue weighted by Gasteiger charge is -2.45. The molecule has 10 nitrogen and oxygen atoms in total. The van der Waals surface area contributed by atoms with Crippen LogP contribution in [0.1, 0.15) is 6.42 Å². The third-order valence-corrected chi connectivity index (χ3v) is 4.37. The molecular formula is C12H26N4O6. The van der Waals surface area contributed by atoms with E-state index in [2.05, 4.69) is 0 Å². The number of ether oxygens (including phenoxy) is 2. The zero-order chi connectivity index (χ0) is 16.6. The Morgan fingerprint density at radius 2 is 1.45 bits per heavy atom. The molecule has 1 aliphatic carbocycles. The summed E-state index contributed by atoms with van der Waals surface area (Å²) in [6.45, 7) is -0.0559. The maximum atomic E-state index is 10.1. The van der Waals surface area contributed by atoms with E-state index in [0.29, 0.717) is 0 Å². The van der Waals surface area contributed by atoms with Crippen LogP contribution < -0.4 is 22.9 Å². The van der Waals surface area contributed by atoms with Crippen molar-refractivity contribution in [1.82, 2.24) is 0 Å². The Kier molecular flexibility index (Phi) is 5.72. The minimum Gasteiger partial charge on any atom is -0.389 e. The molecule has 2 fully saturated rings. The molecule has 0 radical (unpaired) electrons. The molecule has 10 heteroatoms. The molecule has 10 atom stereocenters. The number of aliphatic hydroxyl groups is 4. The number of hydrogen-bond acceptors (Lipinski definition) is 10. The van der Waals surface area contributed by atoms with Gasteiger partial charge in [0, 0.05) is 18.6 Å². The van der Waals surface area contributed by atoms with Crippen LogP contribution in [0.25, 0.3) is 0 Å². The van der Waals surface area contributed by atoms with Crippen LogP contribution >= 0.6 is 0 Å². The van der Waals surface area contributed by atoms with E-state index in [1.54, 1.807) is 0 Å². The van der Waals surface area contributed by atoms with Gasteiger partial charge in [0.15, 0.2) is 6.29 Å². The maximum Gasteiger partial charge on any atom is 0.176 e. The molecule has 0 amide bonds. The molecule has 22 heavy (non-hydrogen) atoms. The summed E-state index contributed by atoms with van der Waals surface area (Å²) in [4.78, 5) is 0. The van der Waals surface area contributed by atoms with Gasteiger partial charge in [-0.15, -0.1) is 0 Å². The smallest absolute Gasteiger partial charge is 0.176 e. The Bertz CT molecular complexity index is 362. The Hall–Kier alpha value is -0.400. The second-order valence-corrected chi connectivity index (χ2v) is 5.98. The fourth-order valence-electron chi connectivity index (χ4n) is 2.87. The fraction of sp³-hybridized carbons (Fsp3) is 1.00. The van der Waals surface area contributed by atoms with Gasteiger partial charge in [-0.25, -0.2) is 0 Å². The van der Waals surface area contributed by atoms with Crippen LogP contribution in [0.3, 0.4) is 0 Å². The molecule has 1 saturated heterocycles. The van der Waals surface area contributed by atoms with Gasteiger partial charge in [-0.2, -0.15) is 0 Å². The van der Waals surface area contributed by atoms with Crippen molar-refractivity contribution in [3.63, 3.8) is 0 Å². The zero-order valence-corrected chi connectivity index (χ0v) is 12.1. The van der Waals surface area contributed by atoms with E-state index in [-0.39, 0.29) is 13.0 Å². The topological polar surface area (TPSA) is 203 Å². The van der Waals surface area contributed by atoms with E-state index in [1.807, 2.05) is 0 Å². The minimum atomic E-state index is -1.31. The summed E-state index contributed by atoms with van der Waals surface area (Å²) < 4.78 is 10.9. The lowest BCUT2D eigenvalue weighted by Crippen LogP contribution is -2.67. The van der Waals surface area contributed by atoms with Gasteiger partial charge in [0.1, 0.15) is 24.4 Å². The van der Waals surface area contributed by atoms with Crippen LogP contribution in [0.2, 0.25) is 0 Å². The van der Waals surface area contributed by atoms with Crippen molar-refractivity contribution in [2.45, 2.75) is 67.5 Å². The highest BCUT2D eigenvalue weighted by Crippen LogP contribution is 2.27. The van der Waals surface area contributed by atoms with Crippen molar-refractivity contribution in [3.05, 3.63) is 0 Å². The summed E-state index contributed by atoms with van der Waals surface area (Å²) in [7, 11) is 0. The average Bonchev–Trinajstić information content (AvgIpc) is 2.49. The average molecular weight is 322 g/mol. The minimum absolute atomic E-state index is 0.0559. The first-order valence-electron chi connectivity index (χ1n) is 7.28. The van der Waals surface area contributed by atoms with Crippen LogP contribution in [0, 0.1) is 0 Å². The second-order valence-electron chi connectivity index (χ2n) is 5.98. The summed E-state index contributed by atoms with van der Waals surface area (Å²) in [5.41, 5.74) is 22.8. The normalized spacial score (nSPS) is 53.5. The second kappa shape index (κ2) is 7.01. The van der Waals surface area contributed by atoms with Crippen molar-refractivity contribution in [2.24, 2.45) is 22.9 Å². The van der Waals surface area contributed by atoms with Gasteiger partial charge < -0.3 is 52.8 Å². The predicted octanol–water partition coefficient (Wildman–Crippen LogP) is -5.12. The number of hydrogen-bond donors (Lipinski definition) is 8. The van der Waals surface area contributed by atoms with Crippen molar-refractivity contribution in [3.8, 4) is 0 Å². The summed E-state index contributed by atoms with van der Waals surface area (Å²) in [5.74, 6) is 0. The molecule has 0 bridgehead atoms. The summed E-state index contributed by atoms with van der Waals surface area (Å²) in [6.07, 6.45) is -7.80. The number of nitrogens with two attached hydrogens (primary N) is 4. The first-order valence-corrected chi connectivity index (χ1v) is 7.28. The van der Waals surface area contributed by atoms with Gasteiger partial charge in [-0.3, -0.25) is 0 Å². The van der Waals surface area contributed by atoms with E-state index in [1.165, 1.54) is 0 Å². The zero-order valence-electron chi connectivity index (χ0n) is 12.1. The van der Waals surface area contributed by atoms with Crippen LogP contribution in [-0.4, -0.2) is 88.0 Å². The highest BCUT2D eigenvalue weighted by molar-refractivity contribution is 4.99. The molecule has 0 spiro atoms. The molecule has 1 unspecified atom stereocenters. The first kappa shape index (κ1) is 17.9. The van der Waals surface area contributed by atoms with E-state index in [0.717, 1.165) is 0 Å². The van der Waals surface area contributed by atoms with Gasteiger partial charge in [-0.05, 0) is 6.42 Å². The van der Waals surface area contributed by atoms with E-state index in [9.17, 15) is 20.4 Å². The van der Waals surface area contributed by atoms with Crippen molar-refractivity contribution in [2.75, 3.05) is 6.54 Å². The molecule has 0 aromatic rings. The van der Waals surface area contributed by atoms with Crippen LogP contribution in [0.4, 0.5) is 0 Å². The van der Waals surface area contributed by atoms with Gasteiger partial charge >= 0.3 is 0 Å². The number of aliphatic hydroxyl groups excluding tert-OH is 4. The molecular weight excluding hydrogens is 296 g/mol. The lowest BCUT2D eigenvalue weighted by molar-refractivity contribution is -0.292. The highest BCUT2D eigenvalue weighted by atomic mass is 16.7. The summed E-state index contributed by atoms with van der Waals surface area (Å²) in [6, 6.07) is -2.40. The molecule has 2 rings (SSSR count). The predicted molar refractivity (Wildman–Crippen MR) is 75.2 cm³/mol. The maximum absolute atomic E-state index is 10.1. The van der Waals surface area contributed by atoms with Gasteiger partial charge in [0.2, 0.25) is 0 Å². The number of rotatable bonds is 3. The fourth-order valence-corrected chi connectivity index (χ4v) is 2.87. The Morgan fingerprint density at radius 3 is 1.95 bits per heavy atom. The molecule has 12 N–H and O–H groups in total. The highest BCUT2D eigenvalue weighted by Gasteiger charge is 2.48. The molecule has 1 aliphatic heterocycles. The Morgan fingerprint density at radius 1 is 0.909 bits per heavy atom. The molecule has 2 aliphatic rings. The molecule has 0 aromatic heterocycles. The Labute approximate surface area is 128 Å². The lowest BCUT2D eigenvalue weighted by atomic mass is 9.84. The SMILES string of the molecule is NC[C@H]1O[C@H](OC2[C@@H](O)[C@H](N)C[C@H](N)[C@H]2O)[C@H](N)[C@@H](O)[C@@H]1O. The largest absolute Gasteiger partial charge is 0.389 e. The van der Waals surface area contributed by atoms with Gasteiger partial charge in [-0.1, -0.05) is 0 Å². The first-order chi connectivity index (χ1) is 10.3. The molecule has 0 aromatic carbocycles. The van der Waals surface area contributed by atoms with E-state index in [4.69, 9.17) is 32.4 Å². The summed E-state index contributed by atoms with van der Waals surface area (Å²) >= 11 is 0. The molecule has 130 valence electrons. The third-order valence-electron chi connectivity index (χ3n) is 4.37. The third kappa shape index (κ3) is 3.26. The van der Waals surface area contributed by atoms with Crippen molar-refractivity contribution >= 4 is 0 Å². The van der Waals surface area contributed by atoms with E-state index >= 15 is 0 Å². The molecule has 1 saturated carbocycles. The van der Waals surface area contributed by atoms with Crippen molar-refractivity contribution < 1.29 is 29.9 Å². The summed E-state index contributed by atoms with van der Waals surface area (Å²) in [5, 5.41) is 39.9. The van der Waals surface area contributed by atoms with Crippen LogP contribution in [0.15, 0.2) is 0 Å². The standard InChI is InChI=1S/C12H26N4O6/c13-2-5-9(19)10(20)6(16)12(21-5)22-11-7(17)3(14)1-4(15)8(11)18/h3-12,17-20H,1-2,13-16H2/t3-,4+,5-,6-,7+,8-,9-,10-,11?,12-/m1/s1. The van der Waals surface area contributed by atoms with Crippen LogP contribution in [0.5, 0.6) is 0 Å². The van der Waals surface area contributed by atoms with E-state index < -0.39 is 61.0 Å². The van der Waals surface area contributed by atoms with Gasteiger partial charge in [0.05, 0.1) is 18.2 Å². The quantitative estimate of drug-likeness (QED) is 0.248. The Balaban J connectivity index is 2.10. The van der Waals surface area contributed by atoms with Crippen LogP contribution in [-0.2, 0) is 9.47 Å².